The number of esters is 1. The molecule has 2 aromatic rings. The number of nitrogens with one attached hydrogen (secondary N) is 1. The molecule has 3 rings (SSSR count). The summed E-state index contributed by atoms with van der Waals surface area (Å²) < 4.78 is 10.4. The zero-order valence-electron chi connectivity index (χ0n) is 15.5. The highest BCUT2D eigenvalue weighted by molar-refractivity contribution is 5.81. The van der Waals surface area contributed by atoms with Gasteiger partial charge in [0.2, 0.25) is 0 Å². The van der Waals surface area contributed by atoms with Crippen LogP contribution in [0.2, 0.25) is 0 Å². The Morgan fingerprint density at radius 3 is 2.15 bits per heavy atom. The van der Waals surface area contributed by atoms with Crippen molar-refractivity contribution >= 4 is 12.1 Å². The van der Waals surface area contributed by atoms with Gasteiger partial charge in [0.15, 0.2) is 0 Å². The third-order valence-electron chi connectivity index (χ3n) is 4.49. The van der Waals surface area contributed by atoms with Gasteiger partial charge < -0.3 is 14.8 Å². The van der Waals surface area contributed by atoms with Crippen molar-refractivity contribution in [1.29, 1.82) is 0 Å². The van der Waals surface area contributed by atoms with Crippen molar-refractivity contribution in [3.05, 3.63) is 71.8 Å². The van der Waals surface area contributed by atoms with Gasteiger partial charge in [-0.3, -0.25) is 0 Å². The summed E-state index contributed by atoms with van der Waals surface area (Å²) in [5.74, 6) is -0.541. The van der Waals surface area contributed by atoms with Gasteiger partial charge in [0.25, 0.3) is 0 Å². The molecule has 1 atom stereocenters. The van der Waals surface area contributed by atoms with Gasteiger partial charge in [-0.15, -0.1) is 0 Å². The number of fused-ring (bicyclic) bond motifs is 3. The van der Waals surface area contributed by atoms with E-state index in [9.17, 15) is 9.59 Å². The first-order valence-corrected chi connectivity index (χ1v) is 8.90. The van der Waals surface area contributed by atoms with E-state index < -0.39 is 18.1 Å². The average molecular weight is 365 g/mol. The number of carbonyl (C=O) groups excluding carboxylic acids is 2. The average Bonchev–Trinajstić information content (AvgIpc) is 2.98. The second kappa shape index (κ2) is 8.08. The summed E-state index contributed by atoms with van der Waals surface area (Å²) in [6.45, 7) is 7.32. The van der Waals surface area contributed by atoms with Crippen LogP contribution < -0.4 is 5.32 Å². The summed E-state index contributed by atoms with van der Waals surface area (Å²) in [5, 5.41) is 2.51. The number of benzene rings is 2. The summed E-state index contributed by atoms with van der Waals surface area (Å²) in [7, 11) is 0. The standard InChI is InChI=1S/C22H23NO4/c1-14(2)12-26-21(24)15(3)23-22(25)27-13-20-18-10-6-4-8-16(18)17-9-5-7-11-19(17)20/h4-11,15,20H,1,12-13H2,2-3H3,(H,23,25)/t15-/m0/s1. The second-order valence-corrected chi connectivity index (χ2v) is 6.76. The molecule has 27 heavy (non-hydrogen) atoms. The van der Waals surface area contributed by atoms with Crippen molar-refractivity contribution in [1.82, 2.24) is 5.32 Å². The molecule has 0 aromatic heterocycles. The van der Waals surface area contributed by atoms with Crippen LogP contribution in [0.15, 0.2) is 60.7 Å². The first-order chi connectivity index (χ1) is 13.0. The lowest BCUT2D eigenvalue weighted by Crippen LogP contribution is -2.40. The molecule has 0 saturated heterocycles. The van der Waals surface area contributed by atoms with Crippen LogP contribution in [0.3, 0.4) is 0 Å². The lowest BCUT2D eigenvalue weighted by atomic mass is 9.98. The summed E-state index contributed by atoms with van der Waals surface area (Å²) in [5.41, 5.74) is 5.34. The topological polar surface area (TPSA) is 64.6 Å². The third-order valence-corrected chi connectivity index (χ3v) is 4.49. The third kappa shape index (κ3) is 4.19. The minimum atomic E-state index is -0.792. The largest absolute Gasteiger partial charge is 0.460 e. The van der Waals surface area contributed by atoms with E-state index in [0.29, 0.717) is 0 Å². The predicted octanol–water partition coefficient (Wildman–Crippen LogP) is 4.03. The number of hydrogen-bond acceptors (Lipinski definition) is 4. The minimum Gasteiger partial charge on any atom is -0.460 e. The van der Waals surface area contributed by atoms with E-state index in [1.807, 2.05) is 24.3 Å². The molecule has 0 bridgehead atoms. The Kier molecular flexibility index (Phi) is 5.60. The zero-order valence-corrected chi connectivity index (χ0v) is 15.5. The number of hydrogen-bond donors (Lipinski definition) is 1. The van der Waals surface area contributed by atoms with E-state index in [0.717, 1.165) is 16.7 Å². The van der Waals surface area contributed by atoms with Crippen LogP contribution in [-0.2, 0) is 14.3 Å². The quantitative estimate of drug-likeness (QED) is 0.620. The van der Waals surface area contributed by atoms with E-state index >= 15 is 0 Å². The monoisotopic (exact) mass is 365 g/mol. The van der Waals surface area contributed by atoms with E-state index in [2.05, 4.69) is 36.2 Å². The predicted molar refractivity (Wildman–Crippen MR) is 103 cm³/mol. The maximum atomic E-state index is 12.1. The normalized spacial score (nSPS) is 13.3. The number of rotatable bonds is 6. The van der Waals surface area contributed by atoms with Crippen molar-refractivity contribution in [2.24, 2.45) is 0 Å². The maximum absolute atomic E-state index is 12.1. The van der Waals surface area contributed by atoms with Crippen LogP contribution in [0.5, 0.6) is 0 Å². The van der Waals surface area contributed by atoms with Crippen molar-refractivity contribution in [3.63, 3.8) is 0 Å². The second-order valence-electron chi connectivity index (χ2n) is 6.76. The minimum absolute atomic E-state index is 0.0196. The molecule has 5 nitrogen and oxygen atoms in total. The molecule has 5 heteroatoms. The molecule has 0 spiro atoms. The van der Waals surface area contributed by atoms with Gasteiger partial charge in [-0.1, -0.05) is 55.1 Å². The summed E-state index contributed by atoms with van der Waals surface area (Å²) in [4.78, 5) is 24.0. The molecule has 140 valence electrons. The lowest BCUT2D eigenvalue weighted by molar-refractivity contribution is -0.144. The van der Waals surface area contributed by atoms with E-state index in [1.54, 1.807) is 13.8 Å². The molecule has 0 fully saturated rings. The molecular formula is C22H23NO4. The summed E-state index contributed by atoms with van der Waals surface area (Å²) in [6, 6.07) is 15.4. The van der Waals surface area contributed by atoms with Crippen LogP contribution in [0, 0.1) is 0 Å². The zero-order chi connectivity index (χ0) is 19.4. The SMILES string of the molecule is C=C(C)COC(=O)[C@H](C)NC(=O)OCC1c2ccccc2-c2ccccc21. The van der Waals surface area contributed by atoms with Gasteiger partial charge in [0.05, 0.1) is 0 Å². The van der Waals surface area contributed by atoms with Crippen LogP contribution in [0.1, 0.15) is 30.9 Å². The molecule has 0 unspecified atom stereocenters. The van der Waals surface area contributed by atoms with Crippen molar-refractivity contribution in [3.8, 4) is 11.1 Å². The Morgan fingerprint density at radius 2 is 1.59 bits per heavy atom. The van der Waals surface area contributed by atoms with Gasteiger partial charge in [0.1, 0.15) is 19.3 Å². The maximum Gasteiger partial charge on any atom is 0.407 e. The number of carbonyl (C=O) groups is 2. The molecular weight excluding hydrogens is 342 g/mol. The van der Waals surface area contributed by atoms with Gasteiger partial charge in [-0.05, 0) is 41.7 Å². The van der Waals surface area contributed by atoms with Crippen LogP contribution in [-0.4, -0.2) is 31.3 Å². The lowest BCUT2D eigenvalue weighted by Gasteiger charge is -2.16. The van der Waals surface area contributed by atoms with E-state index in [1.165, 1.54) is 11.1 Å². The molecule has 0 heterocycles. The van der Waals surface area contributed by atoms with Crippen LogP contribution in [0.25, 0.3) is 11.1 Å². The molecule has 1 aliphatic rings. The van der Waals surface area contributed by atoms with E-state index in [-0.39, 0.29) is 19.1 Å². The van der Waals surface area contributed by atoms with Gasteiger partial charge in [0, 0.05) is 5.92 Å². The van der Waals surface area contributed by atoms with Crippen LogP contribution in [0.4, 0.5) is 4.79 Å². The van der Waals surface area contributed by atoms with Gasteiger partial charge in [-0.2, -0.15) is 0 Å². The molecule has 0 saturated carbocycles. The Labute approximate surface area is 159 Å². The number of alkyl carbamates (subject to hydrolysis) is 1. The molecule has 0 radical (unpaired) electrons. The van der Waals surface area contributed by atoms with Crippen molar-refractivity contribution in [2.75, 3.05) is 13.2 Å². The van der Waals surface area contributed by atoms with Crippen LogP contribution >= 0.6 is 0 Å². The first kappa shape index (κ1) is 18.7. The highest BCUT2D eigenvalue weighted by atomic mass is 16.6. The fourth-order valence-corrected chi connectivity index (χ4v) is 3.20. The molecule has 1 amide bonds. The Hall–Kier alpha value is -3.08. The highest BCUT2D eigenvalue weighted by Gasteiger charge is 2.29. The highest BCUT2D eigenvalue weighted by Crippen LogP contribution is 2.44. The first-order valence-electron chi connectivity index (χ1n) is 8.90. The Balaban J connectivity index is 1.61. The number of amides is 1. The fourth-order valence-electron chi connectivity index (χ4n) is 3.20. The fraction of sp³-hybridized carbons (Fsp3) is 0.273. The van der Waals surface area contributed by atoms with Gasteiger partial charge >= 0.3 is 12.1 Å². The molecule has 1 N–H and O–H groups in total. The van der Waals surface area contributed by atoms with E-state index in [4.69, 9.17) is 9.47 Å². The Morgan fingerprint density at radius 1 is 1.04 bits per heavy atom. The number of ether oxygens (including phenoxy) is 2. The summed E-state index contributed by atoms with van der Waals surface area (Å²) in [6.07, 6.45) is -0.642. The Bertz CT molecular complexity index is 829. The van der Waals surface area contributed by atoms with Crippen molar-refractivity contribution in [2.45, 2.75) is 25.8 Å². The summed E-state index contributed by atoms with van der Waals surface area (Å²) >= 11 is 0. The molecule has 2 aromatic carbocycles. The van der Waals surface area contributed by atoms with Gasteiger partial charge in [-0.25, -0.2) is 9.59 Å². The smallest absolute Gasteiger partial charge is 0.407 e. The van der Waals surface area contributed by atoms with Crippen molar-refractivity contribution < 1.29 is 19.1 Å². The molecule has 1 aliphatic carbocycles. The molecule has 0 aliphatic heterocycles.